The molecular weight excluding hydrogens is 408 g/mol. The third-order valence-corrected chi connectivity index (χ3v) is 6.93. The minimum Gasteiger partial charge on any atom is -0.401 e. The van der Waals surface area contributed by atoms with Crippen LogP contribution >= 0.6 is 0 Å². The minimum atomic E-state index is -3.79. The third-order valence-electron chi connectivity index (χ3n) is 5.01. The zero-order chi connectivity index (χ0) is 21.5. The fraction of sp³-hybridized carbons (Fsp3) is 0.368. The van der Waals surface area contributed by atoms with Crippen molar-refractivity contribution in [3.63, 3.8) is 0 Å². The second-order valence-electron chi connectivity index (χ2n) is 7.28. The van der Waals surface area contributed by atoms with E-state index in [1.807, 2.05) is 13.8 Å². The van der Waals surface area contributed by atoms with Gasteiger partial charge in [-0.2, -0.15) is 9.40 Å². The van der Waals surface area contributed by atoms with Gasteiger partial charge in [0.25, 0.3) is 5.89 Å². The molecule has 1 aliphatic rings. The first-order valence-corrected chi connectivity index (χ1v) is 10.9. The van der Waals surface area contributed by atoms with E-state index in [-0.39, 0.29) is 23.3 Å². The summed E-state index contributed by atoms with van der Waals surface area (Å²) in [5.41, 5.74) is 2.37. The SMILES string of the molecule is Cc1ccc(S(=O)(=O)N2CCCC2C(=O)Nc2nnc(-c3cc(C)nn3C)o2)cc1. The number of nitrogens with one attached hydrogen (secondary N) is 1. The molecule has 0 aliphatic carbocycles. The van der Waals surface area contributed by atoms with E-state index in [1.165, 1.54) is 4.31 Å². The molecule has 0 radical (unpaired) electrons. The summed E-state index contributed by atoms with van der Waals surface area (Å²) in [6, 6.07) is 7.43. The van der Waals surface area contributed by atoms with Gasteiger partial charge in [-0.05, 0) is 44.9 Å². The summed E-state index contributed by atoms with van der Waals surface area (Å²) in [4.78, 5) is 13.0. The number of rotatable bonds is 5. The van der Waals surface area contributed by atoms with Crippen LogP contribution in [0.15, 0.2) is 39.6 Å². The monoisotopic (exact) mass is 430 g/mol. The molecular formula is C19H22N6O4S. The number of nitrogens with zero attached hydrogens (tertiary/aromatic N) is 5. The summed E-state index contributed by atoms with van der Waals surface area (Å²) in [7, 11) is -2.04. The Morgan fingerprint density at radius 3 is 2.60 bits per heavy atom. The number of hydrogen-bond acceptors (Lipinski definition) is 7. The second kappa shape index (κ2) is 7.65. The van der Waals surface area contributed by atoms with Gasteiger partial charge >= 0.3 is 6.01 Å². The minimum absolute atomic E-state index is 0.0894. The molecule has 1 atom stereocenters. The zero-order valence-electron chi connectivity index (χ0n) is 16.9. The van der Waals surface area contributed by atoms with Gasteiger partial charge in [-0.15, -0.1) is 5.10 Å². The molecule has 2 aromatic heterocycles. The fourth-order valence-corrected chi connectivity index (χ4v) is 5.17. The maximum Gasteiger partial charge on any atom is 0.322 e. The largest absolute Gasteiger partial charge is 0.401 e. The highest BCUT2D eigenvalue weighted by molar-refractivity contribution is 7.89. The predicted molar refractivity (Wildman–Crippen MR) is 108 cm³/mol. The van der Waals surface area contributed by atoms with Crippen LogP contribution in [0.1, 0.15) is 24.1 Å². The zero-order valence-corrected chi connectivity index (χ0v) is 17.7. The van der Waals surface area contributed by atoms with Crippen LogP contribution in [0.25, 0.3) is 11.6 Å². The van der Waals surface area contributed by atoms with E-state index in [0.29, 0.717) is 18.5 Å². The number of anilines is 1. The van der Waals surface area contributed by atoms with Crippen molar-refractivity contribution in [1.82, 2.24) is 24.3 Å². The number of carbonyl (C=O) groups excluding carboxylic acids is 1. The molecule has 3 heterocycles. The molecule has 1 fully saturated rings. The van der Waals surface area contributed by atoms with Gasteiger partial charge in [-0.1, -0.05) is 22.8 Å². The Bertz CT molecular complexity index is 1180. The Labute approximate surface area is 174 Å². The van der Waals surface area contributed by atoms with Gasteiger partial charge in [0.2, 0.25) is 15.9 Å². The highest BCUT2D eigenvalue weighted by Gasteiger charge is 2.39. The van der Waals surface area contributed by atoms with E-state index in [2.05, 4.69) is 20.6 Å². The van der Waals surface area contributed by atoms with Crippen LogP contribution in [0, 0.1) is 13.8 Å². The van der Waals surface area contributed by atoms with Crippen molar-refractivity contribution in [2.24, 2.45) is 7.05 Å². The topological polar surface area (TPSA) is 123 Å². The lowest BCUT2D eigenvalue weighted by Gasteiger charge is -2.22. The summed E-state index contributed by atoms with van der Waals surface area (Å²) in [6.07, 6.45) is 1.01. The van der Waals surface area contributed by atoms with Crippen LogP contribution < -0.4 is 5.32 Å². The van der Waals surface area contributed by atoms with Gasteiger partial charge in [0.1, 0.15) is 11.7 Å². The van der Waals surface area contributed by atoms with Gasteiger partial charge in [-0.3, -0.25) is 14.8 Å². The first kappa shape index (κ1) is 20.2. The maximum absolute atomic E-state index is 13.0. The molecule has 0 spiro atoms. The highest BCUT2D eigenvalue weighted by Crippen LogP contribution is 2.27. The summed E-state index contributed by atoms with van der Waals surface area (Å²) in [5, 5.41) is 14.6. The van der Waals surface area contributed by atoms with Crippen LogP contribution in [0.4, 0.5) is 6.01 Å². The molecule has 3 aromatic rings. The predicted octanol–water partition coefficient (Wildman–Crippen LogP) is 1.88. The van der Waals surface area contributed by atoms with E-state index >= 15 is 0 Å². The van der Waals surface area contributed by atoms with Crippen molar-refractivity contribution in [1.29, 1.82) is 0 Å². The number of hydrogen-bond donors (Lipinski definition) is 1. The summed E-state index contributed by atoms with van der Waals surface area (Å²) < 4.78 is 34.4. The normalized spacial score (nSPS) is 17.4. The van der Waals surface area contributed by atoms with Crippen LogP contribution in [0.2, 0.25) is 0 Å². The summed E-state index contributed by atoms with van der Waals surface area (Å²) in [5.74, 6) is -0.288. The Hall–Kier alpha value is -3.05. The second-order valence-corrected chi connectivity index (χ2v) is 9.17. The van der Waals surface area contributed by atoms with Crippen molar-refractivity contribution in [2.45, 2.75) is 37.6 Å². The molecule has 158 valence electrons. The number of aryl methyl sites for hydroxylation is 3. The molecule has 1 N–H and O–H groups in total. The highest BCUT2D eigenvalue weighted by atomic mass is 32.2. The van der Waals surface area contributed by atoms with Gasteiger partial charge in [0.15, 0.2) is 0 Å². The van der Waals surface area contributed by atoms with Gasteiger partial charge in [-0.25, -0.2) is 8.42 Å². The number of sulfonamides is 1. The fourth-order valence-electron chi connectivity index (χ4n) is 3.51. The molecule has 30 heavy (non-hydrogen) atoms. The Balaban J connectivity index is 1.52. The molecule has 1 unspecified atom stereocenters. The smallest absolute Gasteiger partial charge is 0.322 e. The molecule has 1 aromatic carbocycles. The van der Waals surface area contributed by atoms with Crippen molar-refractivity contribution in [3.8, 4) is 11.6 Å². The van der Waals surface area contributed by atoms with Gasteiger partial charge in [0, 0.05) is 13.6 Å². The molecule has 11 heteroatoms. The van der Waals surface area contributed by atoms with Crippen molar-refractivity contribution in [2.75, 3.05) is 11.9 Å². The van der Waals surface area contributed by atoms with Crippen molar-refractivity contribution < 1.29 is 17.6 Å². The molecule has 0 bridgehead atoms. The van der Waals surface area contributed by atoms with E-state index in [0.717, 1.165) is 11.3 Å². The summed E-state index contributed by atoms with van der Waals surface area (Å²) >= 11 is 0. The van der Waals surface area contributed by atoms with E-state index in [4.69, 9.17) is 4.42 Å². The quantitative estimate of drug-likeness (QED) is 0.655. The van der Waals surface area contributed by atoms with Crippen LogP contribution in [0.5, 0.6) is 0 Å². The Morgan fingerprint density at radius 2 is 1.93 bits per heavy atom. The Kier molecular flexibility index (Phi) is 5.16. The van der Waals surface area contributed by atoms with E-state index in [9.17, 15) is 13.2 Å². The first-order valence-electron chi connectivity index (χ1n) is 9.49. The summed E-state index contributed by atoms with van der Waals surface area (Å²) in [6.45, 7) is 4.00. The lowest BCUT2D eigenvalue weighted by atomic mass is 10.2. The lowest BCUT2D eigenvalue weighted by molar-refractivity contribution is -0.119. The molecule has 4 rings (SSSR count). The maximum atomic E-state index is 13.0. The number of benzene rings is 1. The molecule has 1 saturated heterocycles. The van der Waals surface area contributed by atoms with E-state index in [1.54, 1.807) is 42.1 Å². The average molecular weight is 430 g/mol. The number of amides is 1. The van der Waals surface area contributed by atoms with Crippen LogP contribution in [-0.4, -0.2) is 51.2 Å². The average Bonchev–Trinajstić information content (AvgIpc) is 3.42. The Morgan fingerprint density at radius 1 is 1.20 bits per heavy atom. The van der Waals surface area contributed by atoms with E-state index < -0.39 is 22.0 Å². The third kappa shape index (κ3) is 3.73. The molecule has 1 aliphatic heterocycles. The van der Waals surface area contributed by atoms with Crippen LogP contribution in [0.3, 0.4) is 0 Å². The number of aromatic nitrogens is 4. The van der Waals surface area contributed by atoms with Gasteiger partial charge < -0.3 is 4.42 Å². The standard InChI is InChI=1S/C19H22N6O4S/c1-12-6-8-14(9-7-12)30(27,28)25-10-4-5-15(25)17(26)20-19-22-21-18(29-19)16-11-13(2)23-24(16)3/h6-9,11,15H,4-5,10H2,1-3H3,(H,20,22,26). The lowest BCUT2D eigenvalue weighted by Crippen LogP contribution is -2.43. The molecule has 10 nitrogen and oxygen atoms in total. The molecule has 0 saturated carbocycles. The number of carbonyl (C=O) groups is 1. The van der Waals surface area contributed by atoms with Gasteiger partial charge in [0.05, 0.1) is 10.6 Å². The molecule has 1 amide bonds. The van der Waals surface area contributed by atoms with Crippen LogP contribution in [-0.2, 0) is 21.9 Å². The van der Waals surface area contributed by atoms with Crippen molar-refractivity contribution >= 4 is 21.9 Å². The van der Waals surface area contributed by atoms with Crippen molar-refractivity contribution in [3.05, 3.63) is 41.6 Å². The first-order chi connectivity index (χ1) is 14.3.